The normalized spacial score (nSPS) is 12.8. The molecule has 2 atom stereocenters. The lowest BCUT2D eigenvalue weighted by Crippen LogP contribution is -2.30. The van der Waals surface area contributed by atoms with Gasteiger partial charge in [0.25, 0.3) is 5.91 Å². The molecule has 12 heteroatoms. The SMILES string of the molecule is C=CCCCNC(=O)c1ccc(N(C)Cc2cnc(N=C)c(/C(N)=N\CNC(=O)CCC(CO)C(CCC(C)C)OC)n2)cc1. The quantitative estimate of drug-likeness (QED) is 0.0707. The predicted octanol–water partition coefficient (Wildman–Crippen LogP) is 3.76. The highest BCUT2D eigenvalue weighted by Crippen LogP contribution is 2.21. The highest BCUT2D eigenvalue weighted by molar-refractivity contribution is 5.99. The molecule has 12 nitrogen and oxygen atoms in total. The summed E-state index contributed by atoms with van der Waals surface area (Å²) in [5.41, 5.74) is 8.58. The molecule has 0 spiro atoms. The summed E-state index contributed by atoms with van der Waals surface area (Å²) in [5.74, 6) is 0.388. The predicted molar refractivity (Wildman–Crippen MR) is 180 cm³/mol. The van der Waals surface area contributed by atoms with E-state index in [1.54, 1.807) is 25.4 Å². The van der Waals surface area contributed by atoms with Crippen molar-refractivity contribution in [3.8, 4) is 0 Å². The Balaban J connectivity index is 1.97. The molecule has 1 aromatic heterocycles. The van der Waals surface area contributed by atoms with Crippen molar-refractivity contribution in [1.82, 2.24) is 20.6 Å². The molecule has 2 amide bonds. The van der Waals surface area contributed by atoms with E-state index in [0.717, 1.165) is 31.4 Å². The minimum atomic E-state index is -0.205. The van der Waals surface area contributed by atoms with Crippen molar-refractivity contribution in [3.63, 3.8) is 0 Å². The van der Waals surface area contributed by atoms with Crippen LogP contribution in [0.3, 0.4) is 0 Å². The van der Waals surface area contributed by atoms with E-state index in [1.807, 2.05) is 30.2 Å². The molecule has 2 unspecified atom stereocenters. The zero-order valence-corrected chi connectivity index (χ0v) is 27.2. The van der Waals surface area contributed by atoms with Gasteiger partial charge in [-0.3, -0.25) is 9.59 Å². The van der Waals surface area contributed by atoms with E-state index in [0.29, 0.717) is 36.7 Å². The number of aliphatic hydroxyl groups is 1. The van der Waals surface area contributed by atoms with E-state index in [1.165, 1.54) is 0 Å². The van der Waals surface area contributed by atoms with Crippen LogP contribution < -0.4 is 21.3 Å². The topological polar surface area (TPSA) is 167 Å². The van der Waals surface area contributed by atoms with Gasteiger partial charge in [0.1, 0.15) is 18.2 Å². The molecule has 0 radical (unpaired) electrons. The van der Waals surface area contributed by atoms with Gasteiger partial charge in [0, 0.05) is 50.9 Å². The Hall–Kier alpha value is -4.16. The Morgan fingerprint density at radius 2 is 1.91 bits per heavy atom. The fourth-order valence-electron chi connectivity index (χ4n) is 4.67. The Morgan fingerprint density at radius 3 is 2.53 bits per heavy atom. The molecule has 45 heavy (non-hydrogen) atoms. The van der Waals surface area contributed by atoms with Crippen molar-refractivity contribution in [2.24, 2.45) is 27.6 Å². The van der Waals surface area contributed by atoms with Gasteiger partial charge < -0.3 is 31.1 Å². The molecular formula is C33H50N8O4. The first-order valence-corrected chi connectivity index (χ1v) is 15.4. The lowest BCUT2D eigenvalue weighted by molar-refractivity contribution is -0.121. The van der Waals surface area contributed by atoms with Crippen LogP contribution in [-0.2, 0) is 16.1 Å². The average Bonchev–Trinajstić information content (AvgIpc) is 3.04. The van der Waals surface area contributed by atoms with Gasteiger partial charge in [-0.15, -0.1) is 6.58 Å². The van der Waals surface area contributed by atoms with Crippen molar-refractivity contribution in [3.05, 3.63) is 60.1 Å². The summed E-state index contributed by atoms with van der Waals surface area (Å²) in [6.07, 6.45) is 7.57. The van der Waals surface area contributed by atoms with Crippen LogP contribution in [0.1, 0.15) is 74.1 Å². The number of carbonyl (C=O) groups excluding carboxylic acids is 2. The van der Waals surface area contributed by atoms with Crippen molar-refractivity contribution in [2.75, 3.05) is 38.9 Å². The van der Waals surface area contributed by atoms with E-state index in [2.05, 4.69) is 57.7 Å². The maximum Gasteiger partial charge on any atom is 0.251 e. The number of nitrogens with one attached hydrogen (secondary N) is 2. The number of nitrogens with two attached hydrogens (primary N) is 1. The zero-order chi connectivity index (χ0) is 33.2. The number of aliphatic hydroxyl groups excluding tert-OH is 1. The van der Waals surface area contributed by atoms with Crippen LogP contribution in [0.25, 0.3) is 0 Å². The largest absolute Gasteiger partial charge is 0.396 e. The molecule has 0 aliphatic carbocycles. The molecule has 5 N–H and O–H groups in total. The second-order valence-corrected chi connectivity index (χ2v) is 11.3. The Kier molecular flexibility index (Phi) is 16.4. The summed E-state index contributed by atoms with van der Waals surface area (Å²) in [6.45, 7) is 12.4. The second kappa shape index (κ2) is 20.0. The number of hydrogen-bond acceptors (Lipinski definition) is 9. The number of aromatic nitrogens is 2. The third-order valence-corrected chi connectivity index (χ3v) is 7.39. The van der Waals surface area contributed by atoms with Crippen molar-refractivity contribution < 1.29 is 19.4 Å². The molecule has 0 saturated heterocycles. The monoisotopic (exact) mass is 622 g/mol. The first-order valence-electron chi connectivity index (χ1n) is 15.4. The molecule has 2 rings (SSSR count). The number of rotatable bonds is 21. The summed E-state index contributed by atoms with van der Waals surface area (Å²) < 4.78 is 5.58. The van der Waals surface area contributed by atoms with E-state index >= 15 is 0 Å². The highest BCUT2D eigenvalue weighted by atomic mass is 16.5. The molecule has 0 bridgehead atoms. The first kappa shape index (κ1) is 37.0. The first-order chi connectivity index (χ1) is 21.6. The minimum absolute atomic E-state index is 0.0460. The van der Waals surface area contributed by atoms with Crippen LogP contribution in [0.5, 0.6) is 0 Å². The number of aliphatic imine (C=N–C) groups is 2. The lowest BCUT2D eigenvalue weighted by atomic mass is 9.92. The number of hydrogen-bond donors (Lipinski definition) is 4. The summed E-state index contributed by atoms with van der Waals surface area (Å²) in [4.78, 5) is 43.9. The fourth-order valence-corrected chi connectivity index (χ4v) is 4.67. The standard InChI is InChI=1S/C33H50N8O4/c1-7-8-9-18-36-33(44)24-11-14-27(15-12-24)41(5)20-26-19-37-32(35-4)30(40-26)31(34)39-22-38-29(43)17-13-25(21-42)28(45-6)16-10-23(2)3/h7,11-12,14-15,19,23,25,28,42H,1,4,8-10,13,16-18,20-22H2,2-3,5-6H3,(H2,34,39)(H,36,44)(H,38,43). The van der Waals surface area contributed by atoms with E-state index in [9.17, 15) is 14.7 Å². The van der Waals surface area contributed by atoms with Gasteiger partial charge in [0.15, 0.2) is 5.82 Å². The maximum absolute atomic E-state index is 12.5. The number of ether oxygens (including phenoxy) is 1. The highest BCUT2D eigenvalue weighted by Gasteiger charge is 2.22. The van der Waals surface area contributed by atoms with Gasteiger partial charge in [0.2, 0.25) is 5.91 Å². The van der Waals surface area contributed by atoms with Crippen LogP contribution in [0.2, 0.25) is 0 Å². The maximum atomic E-state index is 12.5. The van der Waals surface area contributed by atoms with Gasteiger partial charge in [0.05, 0.1) is 24.5 Å². The fraction of sp³-hybridized carbons (Fsp3) is 0.515. The van der Waals surface area contributed by atoms with Gasteiger partial charge in [-0.2, -0.15) is 0 Å². The smallest absolute Gasteiger partial charge is 0.251 e. The van der Waals surface area contributed by atoms with Crippen LogP contribution in [0.4, 0.5) is 11.5 Å². The van der Waals surface area contributed by atoms with E-state index in [4.69, 9.17) is 10.5 Å². The van der Waals surface area contributed by atoms with Crippen LogP contribution in [-0.4, -0.2) is 79.5 Å². The number of anilines is 1. The molecule has 1 aromatic carbocycles. The Labute approximate surface area is 267 Å². The number of unbranched alkanes of at least 4 members (excludes halogenated alkanes) is 1. The molecule has 246 valence electrons. The molecule has 2 aromatic rings. The average molecular weight is 623 g/mol. The number of nitrogens with zero attached hydrogens (tertiary/aromatic N) is 5. The Bertz CT molecular complexity index is 1270. The summed E-state index contributed by atoms with van der Waals surface area (Å²) in [7, 11) is 3.54. The molecule has 1 heterocycles. The second-order valence-electron chi connectivity index (χ2n) is 11.3. The number of methoxy groups -OCH3 is 1. The number of benzene rings is 1. The summed E-state index contributed by atoms with van der Waals surface area (Å²) >= 11 is 0. The number of carbonyl (C=O) groups is 2. The van der Waals surface area contributed by atoms with Crippen molar-refractivity contribution in [1.29, 1.82) is 0 Å². The van der Waals surface area contributed by atoms with Gasteiger partial charge >= 0.3 is 0 Å². The number of amidine groups is 1. The van der Waals surface area contributed by atoms with E-state index in [-0.39, 0.29) is 60.9 Å². The third kappa shape index (κ3) is 12.8. The summed E-state index contributed by atoms with van der Waals surface area (Å²) in [6, 6.07) is 7.30. The van der Waals surface area contributed by atoms with Crippen LogP contribution >= 0.6 is 0 Å². The molecular weight excluding hydrogens is 572 g/mol. The van der Waals surface area contributed by atoms with Gasteiger partial charge in [-0.1, -0.05) is 19.9 Å². The Morgan fingerprint density at radius 1 is 1.18 bits per heavy atom. The van der Waals surface area contributed by atoms with E-state index < -0.39 is 0 Å². The van der Waals surface area contributed by atoms with Crippen LogP contribution in [0, 0.1) is 11.8 Å². The molecule has 0 saturated carbocycles. The van der Waals surface area contributed by atoms with Gasteiger partial charge in [-0.25, -0.2) is 20.0 Å². The van der Waals surface area contributed by atoms with Gasteiger partial charge in [-0.05, 0) is 69.0 Å². The van der Waals surface area contributed by atoms with Crippen molar-refractivity contribution >= 4 is 35.9 Å². The molecule has 0 aliphatic rings. The molecule has 0 fully saturated rings. The zero-order valence-electron chi connectivity index (χ0n) is 27.2. The van der Waals surface area contributed by atoms with Crippen LogP contribution in [0.15, 0.2) is 53.1 Å². The third-order valence-electron chi connectivity index (χ3n) is 7.39. The number of amides is 2. The molecule has 0 aliphatic heterocycles. The van der Waals surface area contributed by atoms with Crippen molar-refractivity contribution in [2.45, 2.75) is 65.0 Å². The number of allylic oxidation sites excluding steroid dienone is 1. The lowest BCUT2D eigenvalue weighted by Gasteiger charge is -2.25. The summed E-state index contributed by atoms with van der Waals surface area (Å²) in [5, 5.41) is 15.5. The minimum Gasteiger partial charge on any atom is -0.396 e.